The lowest BCUT2D eigenvalue weighted by Gasteiger charge is -2.13. The smallest absolute Gasteiger partial charge is 0.138 e. The van der Waals surface area contributed by atoms with Crippen LogP contribution in [0.25, 0.3) is 0 Å². The van der Waals surface area contributed by atoms with Gasteiger partial charge in [0.15, 0.2) is 0 Å². The molecule has 2 rings (SSSR count). The summed E-state index contributed by atoms with van der Waals surface area (Å²) in [6, 6.07) is 4.38. The maximum Gasteiger partial charge on any atom is 0.138 e. The van der Waals surface area contributed by atoms with Crippen LogP contribution in [-0.2, 0) is 19.9 Å². The molecule has 0 aliphatic heterocycles. The van der Waals surface area contributed by atoms with Gasteiger partial charge in [0.2, 0.25) is 0 Å². The highest BCUT2D eigenvalue weighted by Crippen LogP contribution is 2.25. The van der Waals surface area contributed by atoms with E-state index in [0.717, 1.165) is 18.7 Å². The van der Waals surface area contributed by atoms with Gasteiger partial charge in [0.25, 0.3) is 0 Å². The number of nitrogens with two attached hydrogens (primary N) is 1. The maximum atomic E-state index is 5.62. The van der Waals surface area contributed by atoms with E-state index in [2.05, 4.69) is 34.6 Å². The Balaban J connectivity index is 2.14. The molecule has 2 aromatic rings. The third-order valence-electron chi connectivity index (χ3n) is 2.77. The molecular formula is C11H17N5S. The molecule has 2 heterocycles. The first-order valence-corrected chi connectivity index (χ1v) is 6.43. The average molecular weight is 251 g/mol. The highest BCUT2D eigenvalue weighted by molar-refractivity contribution is 7.12. The average Bonchev–Trinajstić information content (AvgIpc) is 2.95. The van der Waals surface area contributed by atoms with Gasteiger partial charge in [-0.05, 0) is 18.6 Å². The van der Waals surface area contributed by atoms with E-state index in [4.69, 9.17) is 5.84 Å². The first kappa shape index (κ1) is 12.2. The minimum absolute atomic E-state index is 0.100. The molecule has 1 atom stereocenters. The Kier molecular flexibility index (Phi) is 3.88. The van der Waals surface area contributed by atoms with E-state index in [1.165, 1.54) is 9.75 Å². The fourth-order valence-electron chi connectivity index (χ4n) is 1.70. The zero-order valence-corrected chi connectivity index (χ0v) is 10.9. The largest absolute Gasteiger partial charge is 0.271 e. The Bertz CT molecular complexity index is 476. The summed E-state index contributed by atoms with van der Waals surface area (Å²) in [5.41, 5.74) is 2.85. The van der Waals surface area contributed by atoms with E-state index >= 15 is 0 Å². The molecule has 0 aliphatic rings. The second-order valence-electron chi connectivity index (χ2n) is 3.88. The first-order chi connectivity index (χ1) is 8.24. The van der Waals surface area contributed by atoms with E-state index in [1.54, 1.807) is 22.3 Å². The highest BCUT2D eigenvalue weighted by Gasteiger charge is 2.15. The molecule has 0 radical (unpaired) electrons. The molecule has 0 spiro atoms. The highest BCUT2D eigenvalue weighted by atomic mass is 32.1. The lowest BCUT2D eigenvalue weighted by molar-refractivity contribution is 0.530. The molecule has 0 aromatic carbocycles. The van der Waals surface area contributed by atoms with Gasteiger partial charge in [0, 0.05) is 23.2 Å². The summed E-state index contributed by atoms with van der Waals surface area (Å²) in [7, 11) is 1.89. The molecule has 92 valence electrons. The topological polar surface area (TPSA) is 68.8 Å². The van der Waals surface area contributed by atoms with E-state index in [9.17, 15) is 0 Å². The van der Waals surface area contributed by atoms with Crippen LogP contribution < -0.4 is 11.3 Å². The van der Waals surface area contributed by atoms with Gasteiger partial charge in [-0.25, -0.2) is 4.98 Å². The fraction of sp³-hybridized carbons (Fsp3) is 0.455. The van der Waals surface area contributed by atoms with Crippen molar-refractivity contribution in [3.63, 3.8) is 0 Å². The Morgan fingerprint density at radius 3 is 2.88 bits per heavy atom. The van der Waals surface area contributed by atoms with Crippen molar-refractivity contribution in [3.8, 4) is 0 Å². The van der Waals surface area contributed by atoms with Crippen LogP contribution in [0.4, 0.5) is 0 Å². The van der Waals surface area contributed by atoms with E-state index in [-0.39, 0.29) is 6.04 Å². The molecule has 17 heavy (non-hydrogen) atoms. The van der Waals surface area contributed by atoms with Crippen molar-refractivity contribution in [1.29, 1.82) is 0 Å². The third-order valence-corrected chi connectivity index (χ3v) is 4.11. The van der Waals surface area contributed by atoms with Crippen LogP contribution >= 0.6 is 11.3 Å². The van der Waals surface area contributed by atoms with Gasteiger partial charge in [-0.2, -0.15) is 5.10 Å². The van der Waals surface area contributed by atoms with Crippen molar-refractivity contribution in [1.82, 2.24) is 20.2 Å². The van der Waals surface area contributed by atoms with Gasteiger partial charge in [0.1, 0.15) is 12.2 Å². The second kappa shape index (κ2) is 5.39. The van der Waals surface area contributed by atoms with Crippen LogP contribution in [0.2, 0.25) is 0 Å². The maximum absolute atomic E-state index is 5.62. The number of hydrogen-bond acceptors (Lipinski definition) is 5. The summed E-state index contributed by atoms with van der Waals surface area (Å²) in [5, 5.41) is 4.06. The van der Waals surface area contributed by atoms with Crippen molar-refractivity contribution < 1.29 is 0 Å². The normalized spacial score (nSPS) is 12.9. The van der Waals surface area contributed by atoms with Crippen molar-refractivity contribution in [2.45, 2.75) is 25.8 Å². The summed E-state index contributed by atoms with van der Waals surface area (Å²) < 4.78 is 1.78. The number of aromatic nitrogens is 3. The van der Waals surface area contributed by atoms with Gasteiger partial charge in [0.05, 0.1) is 6.04 Å². The zero-order valence-electron chi connectivity index (χ0n) is 10.1. The fourth-order valence-corrected chi connectivity index (χ4v) is 2.71. The standard InChI is InChI=1S/C11H17N5S/c1-3-8-4-5-10(17-8)9(15-12)6-11-13-7-14-16(11)2/h4-5,7,9,15H,3,6,12H2,1-2H3. The lowest BCUT2D eigenvalue weighted by Crippen LogP contribution is -2.29. The molecule has 3 N–H and O–H groups in total. The molecule has 6 heteroatoms. The van der Waals surface area contributed by atoms with Crippen molar-refractivity contribution in [3.05, 3.63) is 34.0 Å². The Labute approximate surface area is 105 Å². The van der Waals surface area contributed by atoms with E-state index in [0.29, 0.717) is 0 Å². The van der Waals surface area contributed by atoms with Gasteiger partial charge in [-0.3, -0.25) is 16.0 Å². The molecule has 0 amide bonds. The number of nitrogens with one attached hydrogen (secondary N) is 1. The molecule has 0 saturated carbocycles. The molecule has 0 aliphatic carbocycles. The molecular weight excluding hydrogens is 234 g/mol. The Morgan fingerprint density at radius 1 is 1.53 bits per heavy atom. The zero-order chi connectivity index (χ0) is 12.3. The predicted molar refractivity (Wildman–Crippen MR) is 68.5 cm³/mol. The number of aryl methyl sites for hydroxylation is 2. The van der Waals surface area contributed by atoms with Crippen molar-refractivity contribution >= 4 is 11.3 Å². The molecule has 0 saturated heterocycles. The number of nitrogens with zero attached hydrogens (tertiary/aromatic N) is 3. The summed E-state index contributed by atoms with van der Waals surface area (Å²) >= 11 is 1.79. The number of hydrogen-bond donors (Lipinski definition) is 2. The minimum Gasteiger partial charge on any atom is -0.271 e. The van der Waals surface area contributed by atoms with Crippen LogP contribution in [0.5, 0.6) is 0 Å². The molecule has 0 fully saturated rings. The quantitative estimate of drug-likeness (QED) is 0.618. The second-order valence-corrected chi connectivity index (χ2v) is 5.08. The molecule has 5 nitrogen and oxygen atoms in total. The van der Waals surface area contributed by atoms with E-state index in [1.807, 2.05) is 7.05 Å². The monoisotopic (exact) mass is 251 g/mol. The minimum atomic E-state index is 0.100. The Morgan fingerprint density at radius 2 is 2.35 bits per heavy atom. The number of rotatable bonds is 5. The first-order valence-electron chi connectivity index (χ1n) is 5.62. The van der Waals surface area contributed by atoms with E-state index < -0.39 is 0 Å². The predicted octanol–water partition coefficient (Wildman–Crippen LogP) is 1.19. The summed E-state index contributed by atoms with van der Waals surface area (Å²) in [5.74, 6) is 6.55. The van der Waals surface area contributed by atoms with Crippen LogP contribution in [0, 0.1) is 0 Å². The summed E-state index contributed by atoms with van der Waals surface area (Å²) in [6.45, 7) is 2.16. The van der Waals surface area contributed by atoms with Crippen LogP contribution in [-0.4, -0.2) is 14.8 Å². The van der Waals surface area contributed by atoms with Gasteiger partial charge < -0.3 is 0 Å². The Hall–Kier alpha value is -1.24. The molecule has 2 aromatic heterocycles. The van der Waals surface area contributed by atoms with Gasteiger partial charge in [-0.15, -0.1) is 11.3 Å². The lowest BCUT2D eigenvalue weighted by atomic mass is 10.1. The molecule has 1 unspecified atom stereocenters. The van der Waals surface area contributed by atoms with Gasteiger partial charge in [-0.1, -0.05) is 6.92 Å². The number of thiophene rings is 1. The van der Waals surface area contributed by atoms with Crippen molar-refractivity contribution in [2.75, 3.05) is 0 Å². The van der Waals surface area contributed by atoms with Crippen molar-refractivity contribution in [2.24, 2.45) is 12.9 Å². The third kappa shape index (κ3) is 2.71. The van der Waals surface area contributed by atoms with Crippen LogP contribution in [0.1, 0.15) is 28.5 Å². The summed E-state index contributed by atoms with van der Waals surface area (Å²) in [6.07, 6.45) is 3.37. The molecule has 0 bridgehead atoms. The van der Waals surface area contributed by atoms with Crippen LogP contribution in [0.3, 0.4) is 0 Å². The van der Waals surface area contributed by atoms with Crippen LogP contribution in [0.15, 0.2) is 18.5 Å². The SMILES string of the molecule is CCc1ccc(C(Cc2ncnn2C)NN)s1. The van der Waals surface area contributed by atoms with Gasteiger partial charge >= 0.3 is 0 Å². The summed E-state index contributed by atoms with van der Waals surface area (Å²) in [4.78, 5) is 6.83. The number of hydrazine groups is 1.